The zero-order chi connectivity index (χ0) is 12.7. The van der Waals surface area contributed by atoms with Crippen LogP contribution in [0.5, 0.6) is 0 Å². The van der Waals surface area contributed by atoms with Crippen molar-refractivity contribution in [3.63, 3.8) is 0 Å². The van der Waals surface area contributed by atoms with E-state index in [2.05, 4.69) is 72.8 Å². The fourth-order valence-electron chi connectivity index (χ4n) is 3.11. The van der Waals surface area contributed by atoms with E-state index >= 15 is 0 Å². The van der Waals surface area contributed by atoms with Crippen LogP contribution in [0.1, 0.15) is 31.8 Å². The van der Waals surface area contributed by atoms with Crippen molar-refractivity contribution in [2.75, 3.05) is 0 Å². The molecule has 2 aliphatic rings. The molecule has 0 spiro atoms. The van der Waals surface area contributed by atoms with Crippen LogP contribution in [0.4, 0.5) is 0 Å². The van der Waals surface area contributed by atoms with E-state index in [1.807, 2.05) is 0 Å². The van der Waals surface area contributed by atoms with Crippen LogP contribution in [-0.2, 0) is 0 Å². The second-order valence-electron chi connectivity index (χ2n) is 5.22. The second kappa shape index (κ2) is 4.53. The molecule has 0 aromatic heterocycles. The average molecular weight is 257 g/mol. The summed E-state index contributed by atoms with van der Waals surface area (Å²) in [6.45, 7) is 0. The Bertz CT molecular complexity index is 622. The van der Waals surface area contributed by atoms with E-state index in [4.69, 9.17) is 0 Å². The van der Waals surface area contributed by atoms with Gasteiger partial charge in [0.05, 0.1) is 0 Å². The van der Waals surface area contributed by atoms with Gasteiger partial charge in [0.15, 0.2) is 0 Å². The fraction of sp³-hybridized carbons (Fsp3) is 0.111. The van der Waals surface area contributed by atoms with Gasteiger partial charge in [-0.1, -0.05) is 0 Å². The van der Waals surface area contributed by atoms with Crippen molar-refractivity contribution >= 4 is 27.4 Å². The Labute approximate surface area is 120 Å². The molecule has 2 atom stereocenters. The predicted molar refractivity (Wildman–Crippen MR) is 82.2 cm³/mol. The van der Waals surface area contributed by atoms with Gasteiger partial charge in [-0.2, -0.15) is 0 Å². The Morgan fingerprint density at radius 3 is 1.63 bits per heavy atom. The minimum absolute atomic E-state index is 0.337. The van der Waals surface area contributed by atoms with Crippen molar-refractivity contribution in [3.05, 3.63) is 82.9 Å². The summed E-state index contributed by atoms with van der Waals surface area (Å²) in [6, 6.07) is 17.6. The Morgan fingerprint density at radius 2 is 1.11 bits per heavy atom. The van der Waals surface area contributed by atoms with Gasteiger partial charge in [0.25, 0.3) is 0 Å². The van der Waals surface area contributed by atoms with Gasteiger partial charge in [-0.3, -0.25) is 0 Å². The zero-order valence-corrected chi connectivity index (χ0v) is 11.8. The van der Waals surface area contributed by atoms with Gasteiger partial charge in [-0.05, 0) is 0 Å². The number of fused-ring (bicyclic) bond motifs is 2. The molecule has 0 radical (unpaired) electrons. The molecule has 2 aliphatic carbocycles. The number of hydrogen-bond donors (Lipinski definition) is 0. The number of allylic oxidation sites excluding steroid dienone is 2. The topological polar surface area (TPSA) is 0 Å². The molecule has 0 saturated heterocycles. The van der Waals surface area contributed by atoms with Gasteiger partial charge in [-0.15, -0.1) is 0 Å². The van der Waals surface area contributed by atoms with Gasteiger partial charge in [0, 0.05) is 0 Å². The SMILES string of the molecule is C1=C[CH]([Al+][CH]2C=Cc3ccccc32)c2ccccc21. The monoisotopic (exact) mass is 257 g/mol. The van der Waals surface area contributed by atoms with Gasteiger partial charge < -0.3 is 0 Å². The summed E-state index contributed by atoms with van der Waals surface area (Å²) in [5, 5.41) is 0. The summed E-state index contributed by atoms with van der Waals surface area (Å²) in [5.74, 6) is 0. The van der Waals surface area contributed by atoms with E-state index in [-0.39, 0.29) is 0 Å². The normalized spacial score (nSPS) is 22.1. The van der Waals surface area contributed by atoms with Crippen LogP contribution >= 0.6 is 0 Å². The van der Waals surface area contributed by atoms with E-state index in [1.165, 1.54) is 22.3 Å². The number of benzene rings is 2. The molecule has 88 valence electrons. The third kappa shape index (κ3) is 1.91. The molecule has 2 aromatic rings. The summed E-state index contributed by atoms with van der Waals surface area (Å²) in [7, 11) is 0. The summed E-state index contributed by atoms with van der Waals surface area (Å²) < 4.78 is 1.30. The molecule has 0 heterocycles. The van der Waals surface area contributed by atoms with E-state index in [9.17, 15) is 0 Å². The molecule has 1 heteroatoms. The second-order valence-corrected chi connectivity index (χ2v) is 7.04. The van der Waals surface area contributed by atoms with E-state index < -0.39 is 0 Å². The fourth-order valence-corrected chi connectivity index (χ4v) is 5.06. The molecule has 0 saturated carbocycles. The first-order chi connectivity index (χ1) is 9.42. The Balaban J connectivity index is 1.62. The summed E-state index contributed by atoms with van der Waals surface area (Å²) in [5.41, 5.74) is 5.87. The molecule has 0 amide bonds. The third-order valence-electron chi connectivity index (χ3n) is 4.09. The van der Waals surface area contributed by atoms with Crippen molar-refractivity contribution in [1.82, 2.24) is 0 Å². The van der Waals surface area contributed by atoms with E-state index in [1.54, 1.807) is 0 Å². The predicted octanol–water partition coefficient (Wildman–Crippen LogP) is 4.23. The zero-order valence-electron chi connectivity index (χ0n) is 10.7. The average Bonchev–Trinajstić information content (AvgIpc) is 3.05. The number of rotatable bonds is 2. The van der Waals surface area contributed by atoms with Crippen LogP contribution in [0.15, 0.2) is 60.7 Å². The van der Waals surface area contributed by atoms with Crippen LogP contribution < -0.4 is 0 Å². The van der Waals surface area contributed by atoms with Gasteiger partial charge >= 0.3 is 120 Å². The van der Waals surface area contributed by atoms with Gasteiger partial charge in [0.2, 0.25) is 0 Å². The molecule has 0 aliphatic heterocycles. The maximum absolute atomic E-state index is 2.40. The van der Waals surface area contributed by atoms with Crippen molar-refractivity contribution in [2.24, 2.45) is 0 Å². The molecule has 4 rings (SSSR count). The van der Waals surface area contributed by atoms with Crippen molar-refractivity contribution < 1.29 is 0 Å². The minimum atomic E-state index is 0.337. The Morgan fingerprint density at radius 1 is 0.632 bits per heavy atom. The first kappa shape index (κ1) is 11.3. The molecule has 0 N–H and O–H groups in total. The maximum atomic E-state index is 2.40. The molecule has 0 bridgehead atoms. The Hall–Kier alpha value is -1.55. The summed E-state index contributed by atoms with van der Waals surface area (Å²) in [6.07, 6.45) is 9.37. The van der Waals surface area contributed by atoms with Crippen LogP contribution in [-0.4, -0.2) is 15.2 Å². The Kier molecular flexibility index (Phi) is 2.69. The molecule has 2 unspecified atom stereocenters. The first-order valence-electron chi connectivity index (χ1n) is 6.81. The number of hydrogen-bond acceptors (Lipinski definition) is 0. The standard InChI is InChI=1S/2C9H7.Al/c2*1-2-5-9-7-3-6-8(9)4-1;/h2*1-7H;/q;;+1. The van der Waals surface area contributed by atoms with Crippen LogP contribution in [0.25, 0.3) is 12.2 Å². The van der Waals surface area contributed by atoms with Crippen LogP contribution in [0.2, 0.25) is 0 Å². The first-order valence-corrected chi connectivity index (χ1v) is 8.14. The van der Waals surface area contributed by atoms with Crippen molar-refractivity contribution in [1.29, 1.82) is 0 Å². The quantitative estimate of drug-likeness (QED) is 0.706. The van der Waals surface area contributed by atoms with Crippen molar-refractivity contribution in [3.8, 4) is 0 Å². The van der Waals surface area contributed by atoms with Crippen LogP contribution in [0, 0.1) is 0 Å². The molecule has 0 fully saturated rings. The summed E-state index contributed by atoms with van der Waals surface area (Å²) >= 11 is 0.337. The van der Waals surface area contributed by atoms with E-state index in [0.29, 0.717) is 24.8 Å². The third-order valence-corrected chi connectivity index (χ3v) is 6.08. The van der Waals surface area contributed by atoms with Crippen LogP contribution in [0.3, 0.4) is 0 Å². The molecule has 19 heavy (non-hydrogen) atoms. The van der Waals surface area contributed by atoms with Crippen molar-refractivity contribution in [2.45, 2.75) is 9.56 Å². The molecule has 2 aromatic carbocycles. The van der Waals surface area contributed by atoms with Gasteiger partial charge in [0.1, 0.15) is 0 Å². The summed E-state index contributed by atoms with van der Waals surface area (Å²) in [4.78, 5) is 0. The van der Waals surface area contributed by atoms with Gasteiger partial charge in [-0.25, -0.2) is 0 Å². The van der Waals surface area contributed by atoms with E-state index in [0.717, 1.165) is 0 Å². The molecular formula is C18H14Al+. The molecule has 0 nitrogen and oxygen atoms in total. The molecular weight excluding hydrogens is 243 g/mol.